The smallest absolute Gasteiger partial charge is 0.0847 e. The fourth-order valence-corrected chi connectivity index (χ4v) is 3.11. The zero-order valence-corrected chi connectivity index (χ0v) is 11.4. The minimum atomic E-state index is 0.0447. The summed E-state index contributed by atoms with van der Waals surface area (Å²) in [4.78, 5) is 0. The van der Waals surface area contributed by atoms with Gasteiger partial charge >= 0.3 is 0 Å². The number of aliphatic hydroxyl groups is 1. The van der Waals surface area contributed by atoms with Crippen molar-refractivity contribution < 1.29 is 5.11 Å². The molecule has 2 rings (SSSR count). The molecule has 4 heteroatoms. The Labute approximate surface area is 108 Å². The van der Waals surface area contributed by atoms with E-state index in [0.717, 1.165) is 42.2 Å². The molecule has 17 heavy (non-hydrogen) atoms. The maximum Gasteiger partial charge on any atom is 0.0847 e. The topological polar surface area (TPSA) is 38.0 Å². The van der Waals surface area contributed by atoms with Crippen LogP contribution in [0.5, 0.6) is 0 Å². The van der Waals surface area contributed by atoms with Crippen molar-refractivity contribution in [2.75, 3.05) is 6.61 Å². The average molecular weight is 257 g/mol. The van der Waals surface area contributed by atoms with E-state index in [1.165, 1.54) is 12.8 Å². The zero-order valence-electron chi connectivity index (χ0n) is 10.7. The summed E-state index contributed by atoms with van der Waals surface area (Å²) in [6, 6.07) is 0. The van der Waals surface area contributed by atoms with E-state index in [4.69, 9.17) is 11.6 Å². The van der Waals surface area contributed by atoms with Crippen LogP contribution in [0.2, 0.25) is 5.02 Å². The number of aliphatic hydroxyl groups excluding tert-OH is 1. The number of hydrogen-bond donors (Lipinski definition) is 1. The summed E-state index contributed by atoms with van der Waals surface area (Å²) in [6.45, 7) is 5.12. The van der Waals surface area contributed by atoms with Crippen molar-refractivity contribution in [3.05, 3.63) is 16.4 Å². The van der Waals surface area contributed by atoms with Crippen LogP contribution in [-0.4, -0.2) is 21.5 Å². The lowest BCUT2D eigenvalue weighted by Gasteiger charge is -2.26. The van der Waals surface area contributed by atoms with Crippen LogP contribution in [0.15, 0.2) is 0 Å². The molecule has 0 atom stereocenters. The van der Waals surface area contributed by atoms with Gasteiger partial charge in [-0.25, -0.2) is 0 Å². The van der Waals surface area contributed by atoms with Gasteiger partial charge in [-0.05, 0) is 38.5 Å². The summed E-state index contributed by atoms with van der Waals surface area (Å²) >= 11 is 6.33. The fraction of sp³-hybridized carbons (Fsp3) is 0.769. The van der Waals surface area contributed by atoms with Gasteiger partial charge < -0.3 is 5.11 Å². The lowest BCUT2D eigenvalue weighted by atomic mass is 9.82. The van der Waals surface area contributed by atoms with Crippen LogP contribution in [-0.2, 0) is 13.0 Å². The molecule has 1 saturated carbocycles. The number of aryl methyl sites for hydroxylation is 2. The fourth-order valence-electron chi connectivity index (χ4n) is 2.91. The van der Waals surface area contributed by atoms with E-state index >= 15 is 0 Å². The molecule has 0 aromatic carbocycles. The molecule has 1 N–H and O–H groups in total. The molecule has 0 unspecified atom stereocenters. The molecular formula is C13H21ClN2O. The molecule has 3 nitrogen and oxygen atoms in total. The van der Waals surface area contributed by atoms with Crippen LogP contribution in [0.25, 0.3) is 0 Å². The van der Waals surface area contributed by atoms with E-state index in [1.54, 1.807) is 0 Å². The van der Waals surface area contributed by atoms with Gasteiger partial charge in [0.25, 0.3) is 0 Å². The van der Waals surface area contributed by atoms with Crippen LogP contribution < -0.4 is 0 Å². The zero-order chi connectivity index (χ0) is 12.5. The van der Waals surface area contributed by atoms with Gasteiger partial charge in [0.05, 0.1) is 16.4 Å². The van der Waals surface area contributed by atoms with E-state index in [1.807, 2.05) is 11.6 Å². The molecule has 96 valence electrons. The number of halogens is 1. The summed E-state index contributed by atoms with van der Waals surface area (Å²) in [6.07, 6.45) is 5.51. The van der Waals surface area contributed by atoms with Gasteiger partial charge in [-0.1, -0.05) is 24.4 Å². The third-order valence-electron chi connectivity index (χ3n) is 3.99. The van der Waals surface area contributed by atoms with Crippen LogP contribution in [0.3, 0.4) is 0 Å². The number of nitrogens with zero attached hydrogens (tertiary/aromatic N) is 2. The second-order valence-corrected chi connectivity index (χ2v) is 5.58. The number of hydrogen-bond acceptors (Lipinski definition) is 2. The van der Waals surface area contributed by atoms with Crippen molar-refractivity contribution in [3.8, 4) is 0 Å². The Hall–Kier alpha value is -0.540. The van der Waals surface area contributed by atoms with Crippen molar-refractivity contribution in [1.82, 2.24) is 9.78 Å². The Morgan fingerprint density at radius 2 is 2.06 bits per heavy atom. The van der Waals surface area contributed by atoms with Gasteiger partial charge in [0.2, 0.25) is 0 Å². The second kappa shape index (κ2) is 4.99. The molecule has 0 bridgehead atoms. The highest BCUT2D eigenvalue weighted by molar-refractivity contribution is 6.31. The average Bonchev–Trinajstić information content (AvgIpc) is 2.90. The van der Waals surface area contributed by atoms with Gasteiger partial charge in [-0.3, -0.25) is 4.68 Å². The number of aromatic nitrogens is 2. The normalized spacial score (nSPS) is 18.8. The second-order valence-electron chi connectivity index (χ2n) is 5.20. The van der Waals surface area contributed by atoms with E-state index < -0.39 is 0 Å². The number of rotatable bonds is 4. The van der Waals surface area contributed by atoms with E-state index in [2.05, 4.69) is 12.0 Å². The van der Waals surface area contributed by atoms with Crippen molar-refractivity contribution in [3.63, 3.8) is 0 Å². The summed E-state index contributed by atoms with van der Waals surface area (Å²) in [5.74, 6) is 0. The SMILES string of the molecule is CCn1nc(C)c(Cl)c1CC1(CO)CCCC1. The largest absolute Gasteiger partial charge is 0.396 e. The van der Waals surface area contributed by atoms with Crippen LogP contribution in [0, 0.1) is 12.3 Å². The highest BCUT2D eigenvalue weighted by Gasteiger charge is 2.35. The van der Waals surface area contributed by atoms with E-state index in [-0.39, 0.29) is 12.0 Å². The molecule has 0 aliphatic heterocycles. The standard InChI is InChI=1S/C13H21ClN2O/c1-3-16-11(12(14)10(2)15-16)8-13(9-17)6-4-5-7-13/h17H,3-9H2,1-2H3. The molecule has 1 aliphatic rings. The molecule has 1 aliphatic carbocycles. The lowest BCUT2D eigenvalue weighted by Crippen LogP contribution is -2.26. The van der Waals surface area contributed by atoms with Gasteiger partial charge in [0.1, 0.15) is 0 Å². The quantitative estimate of drug-likeness (QED) is 0.900. The van der Waals surface area contributed by atoms with Crippen molar-refractivity contribution in [1.29, 1.82) is 0 Å². The van der Waals surface area contributed by atoms with Gasteiger partial charge in [-0.15, -0.1) is 0 Å². The molecule has 0 radical (unpaired) electrons. The summed E-state index contributed by atoms with van der Waals surface area (Å²) in [7, 11) is 0. The van der Waals surface area contributed by atoms with Crippen LogP contribution in [0.4, 0.5) is 0 Å². The minimum absolute atomic E-state index is 0.0447. The maximum absolute atomic E-state index is 9.67. The molecule has 0 spiro atoms. The van der Waals surface area contributed by atoms with E-state index in [0.29, 0.717) is 0 Å². The Balaban J connectivity index is 2.28. The third-order valence-corrected chi connectivity index (χ3v) is 4.49. The lowest BCUT2D eigenvalue weighted by molar-refractivity contribution is 0.128. The molecule has 1 aromatic heterocycles. The molecule has 0 saturated heterocycles. The Bertz CT molecular complexity index is 394. The highest BCUT2D eigenvalue weighted by atomic mass is 35.5. The first-order valence-electron chi connectivity index (χ1n) is 6.44. The van der Waals surface area contributed by atoms with Crippen molar-refractivity contribution in [2.45, 2.75) is 52.5 Å². The summed E-state index contributed by atoms with van der Waals surface area (Å²) in [5, 5.41) is 14.9. The molecule has 1 aromatic rings. The first-order chi connectivity index (χ1) is 8.12. The first-order valence-corrected chi connectivity index (χ1v) is 6.82. The minimum Gasteiger partial charge on any atom is -0.396 e. The van der Waals surface area contributed by atoms with Crippen molar-refractivity contribution >= 4 is 11.6 Å². The highest BCUT2D eigenvalue weighted by Crippen LogP contribution is 2.41. The maximum atomic E-state index is 9.67. The first kappa shape index (κ1) is 12.9. The predicted molar refractivity (Wildman–Crippen MR) is 69.3 cm³/mol. The monoisotopic (exact) mass is 256 g/mol. The Morgan fingerprint density at radius 1 is 1.41 bits per heavy atom. The van der Waals surface area contributed by atoms with Gasteiger partial charge in [-0.2, -0.15) is 5.10 Å². The third kappa shape index (κ3) is 2.36. The van der Waals surface area contributed by atoms with Crippen molar-refractivity contribution in [2.24, 2.45) is 5.41 Å². The van der Waals surface area contributed by atoms with Crippen LogP contribution >= 0.6 is 11.6 Å². The van der Waals surface area contributed by atoms with Crippen LogP contribution in [0.1, 0.15) is 44.0 Å². The molecule has 0 amide bonds. The molecular weight excluding hydrogens is 236 g/mol. The summed E-state index contributed by atoms with van der Waals surface area (Å²) in [5.41, 5.74) is 2.04. The van der Waals surface area contributed by atoms with Gasteiger partial charge in [0, 0.05) is 13.2 Å². The molecule has 1 heterocycles. The summed E-state index contributed by atoms with van der Waals surface area (Å²) < 4.78 is 1.98. The molecule has 1 fully saturated rings. The predicted octanol–water partition coefficient (Wildman–Crippen LogP) is 2.96. The van der Waals surface area contributed by atoms with Gasteiger partial charge in [0.15, 0.2) is 0 Å². The van der Waals surface area contributed by atoms with E-state index in [9.17, 15) is 5.11 Å². The Kier molecular flexibility index (Phi) is 3.79. The Morgan fingerprint density at radius 3 is 2.59 bits per heavy atom.